The SMILES string of the molecule is COC(=O)[C@H]1C=C(c2ccccc2)OC(=O)[C@H]1Cc1ccccc1. The molecule has 0 N–H and O–H groups in total. The third kappa shape index (κ3) is 3.38. The smallest absolute Gasteiger partial charge is 0.315 e. The molecular weight excluding hydrogens is 304 g/mol. The number of rotatable bonds is 4. The first-order chi connectivity index (χ1) is 11.7. The summed E-state index contributed by atoms with van der Waals surface area (Å²) >= 11 is 0. The molecule has 0 fully saturated rings. The van der Waals surface area contributed by atoms with Crippen LogP contribution in [0, 0.1) is 11.8 Å². The number of hydrogen-bond donors (Lipinski definition) is 0. The van der Waals surface area contributed by atoms with E-state index in [1.165, 1.54) is 7.11 Å². The summed E-state index contributed by atoms with van der Waals surface area (Å²) in [7, 11) is 1.33. The summed E-state index contributed by atoms with van der Waals surface area (Å²) in [5.41, 5.74) is 1.74. The van der Waals surface area contributed by atoms with Crippen molar-refractivity contribution in [2.45, 2.75) is 6.42 Å². The largest absolute Gasteiger partial charge is 0.469 e. The highest BCUT2D eigenvalue weighted by Crippen LogP contribution is 2.32. The number of cyclic esters (lactones) is 1. The van der Waals surface area contributed by atoms with Gasteiger partial charge in [0, 0.05) is 5.56 Å². The molecule has 2 aromatic carbocycles. The maximum absolute atomic E-state index is 12.5. The van der Waals surface area contributed by atoms with E-state index in [1.807, 2.05) is 60.7 Å². The molecule has 3 rings (SSSR count). The van der Waals surface area contributed by atoms with Gasteiger partial charge in [-0.15, -0.1) is 0 Å². The Bertz CT molecular complexity index is 750. The molecule has 0 saturated carbocycles. The van der Waals surface area contributed by atoms with Crippen LogP contribution in [0.5, 0.6) is 0 Å². The van der Waals surface area contributed by atoms with Crippen LogP contribution in [0.4, 0.5) is 0 Å². The second-order valence-electron chi connectivity index (χ2n) is 5.66. The summed E-state index contributed by atoms with van der Waals surface area (Å²) in [6.07, 6.45) is 2.12. The number of esters is 2. The van der Waals surface area contributed by atoms with Crippen molar-refractivity contribution in [1.82, 2.24) is 0 Å². The average molecular weight is 322 g/mol. The van der Waals surface area contributed by atoms with Crippen LogP contribution in [0.2, 0.25) is 0 Å². The first-order valence-electron chi connectivity index (χ1n) is 7.79. The van der Waals surface area contributed by atoms with Crippen LogP contribution in [-0.4, -0.2) is 19.0 Å². The Morgan fingerprint density at radius 2 is 1.67 bits per heavy atom. The third-order valence-corrected chi connectivity index (χ3v) is 4.11. The molecule has 4 nitrogen and oxygen atoms in total. The third-order valence-electron chi connectivity index (χ3n) is 4.11. The van der Waals surface area contributed by atoms with Crippen LogP contribution in [0.25, 0.3) is 5.76 Å². The van der Waals surface area contributed by atoms with Gasteiger partial charge in [0.25, 0.3) is 0 Å². The van der Waals surface area contributed by atoms with E-state index in [0.717, 1.165) is 11.1 Å². The lowest BCUT2D eigenvalue weighted by Gasteiger charge is -2.27. The highest BCUT2D eigenvalue weighted by Gasteiger charge is 2.39. The van der Waals surface area contributed by atoms with Crippen molar-refractivity contribution < 1.29 is 19.1 Å². The van der Waals surface area contributed by atoms with Gasteiger partial charge in [0.1, 0.15) is 5.76 Å². The van der Waals surface area contributed by atoms with Gasteiger partial charge in [0.15, 0.2) is 0 Å². The second kappa shape index (κ2) is 7.13. The van der Waals surface area contributed by atoms with Crippen molar-refractivity contribution in [2.75, 3.05) is 7.11 Å². The minimum atomic E-state index is -0.660. The van der Waals surface area contributed by atoms with E-state index < -0.39 is 23.8 Å². The summed E-state index contributed by atoms with van der Waals surface area (Å²) < 4.78 is 10.4. The molecule has 122 valence electrons. The zero-order valence-electron chi connectivity index (χ0n) is 13.3. The van der Waals surface area contributed by atoms with E-state index in [0.29, 0.717) is 12.2 Å². The zero-order valence-corrected chi connectivity index (χ0v) is 13.3. The number of benzene rings is 2. The van der Waals surface area contributed by atoms with Crippen molar-refractivity contribution in [2.24, 2.45) is 11.8 Å². The van der Waals surface area contributed by atoms with E-state index >= 15 is 0 Å². The number of carbonyl (C=O) groups is 2. The van der Waals surface area contributed by atoms with Gasteiger partial charge in [-0.2, -0.15) is 0 Å². The van der Waals surface area contributed by atoms with Gasteiger partial charge in [-0.25, -0.2) is 0 Å². The molecule has 0 amide bonds. The predicted octanol–water partition coefficient (Wildman–Crippen LogP) is 3.23. The van der Waals surface area contributed by atoms with Gasteiger partial charge in [-0.05, 0) is 18.1 Å². The summed E-state index contributed by atoms with van der Waals surface area (Å²) in [5.74, 6) is -1.68. The van der Waals surface area contributed by atoms with Gasteiger partial charge >= 0.3 is 11.9 Å². The molecule has 2 aromatic rings. The molecule has 0 bridgehead atoms. The average Bonchev–Trinajstić information content (AvgIpc) is 2.64. The lowest BCUT2D eigenvalue weighted by atomic mass is 9.84. The Kier molecular flexibility index (Phi) is 4.75. The minimum Gasteiger partial charge on any atom is -0.469 e. The van der Waals surface area contributed by atoms with Crippen LogP contribution in [-0.2, 0) is 25.5 Å². The van der Waals surface area contributed by atoms with E-state index in [-0.39, 0.29) is 0 Å². The van der Waals surface area contributed by atoms with Crippen LogP contribution in [0.15, 0.2) is 66.7 Å². The molecule has 0 aliphatic carbocycles. The van der Waals surface area contributed by atoms with Crippen molar-refractivity contribution in [3.63, 3.8) is 0 Å². The standard InChI is InChI=1S/C20H18O4/c1-23-19(21)17-13-18(15-10-6-3-7-11-15)24-20(22)16(17)12-14-8-4-2-5-9-14/h2-11,13,16-17H,12H2,1H3/t16-,17-/m0/s1. The molecule has 1 aliphatic heterocycles. The lowest BCUT2D eigenvalue weighted by molar-refractivity contribution is -0.155. The molecule has 0 radical (unpaired) electrons. The molecule has 24 heavy (non-hydrogen) atoms. The Balaban J connectivity index is 1.93. The van der Waals surface area contributed by atoms with Crippen molar-refractivity contribution in [3.05, 3.63) is 77.9 Å². The quantitative estimate of drug-likeness (QED) is 0.811. The summed E-state index contributed by atoms with van der Waals surface area (Å²) in [4.78, 5) is 24.8. The molecule has 2 atom stereocenters. The van der Waals surface area contributed by atoms with Crippen molar-refractivity contribution in [3.8, 4) is 0 Å². The molecule has 0 unspecified atom stereocenters. The first-order valence-corrected chi connectivity index (χ1v) is 7.79. The van der Waals surface area contributed by atoms with Crippen LogP contribution >= 0.6 is 0 Å². The van der Waals surface area contributed by atoms with Gasteiger partial charge in [-0.1, -0.05) is 60.7 Å². The second-order valence-corrected chi connectivity index (χ2v) is 5.66. The Morgan fingerprint density at radius 3 is 2.29 bits per heavy atom. The minimum absolute atomic E-state index is 0.403. The Labute approximate surface area is 140 Å². The van der Waals surface area contributed by atoms with Gasteiger partial charge in [-0.3, -0.25) is 9.59 Å². The van der Waals surface area contributed by atoms with Crippen LogP contribution < -0.4 is 0 Å². The highest BCUT2D eigenvalue weighted by atomic mass is 16.5. The highest BCUT2D eigenvalue weighted by molar-refractivity contribution is 5.90. The van der Waals surface area contributed by atoms with Gasteiger partial charge < -0.3 is 9.47 Å². The van der Waals surface area contributed by atoms with E-state index in [1.54, 1.807) is 6.08 Å². The maximum Gasteiger partial charge on any atom is 0.315 e. The van der Waals surface area contributed by atoms with Crippen LogP contribution in [0.3, 0.4) is 0 Å². The number of methoxy groups -OCH3 is 1. The van der Waals surface area contributed by atoms with Gasteiger partial charge in [0.05, 0.1) is 18.9 Å². The molecular formula is C20H18O4. The first kappa shape index (κ1) is 16.0. The fraction of sp³-hybridized carbons (Fsp3) is 0.200. The molecule has 0 spiro atoms. The van der Waals surface area contributed by atoms with E-state index in [4.69, 9.17) is 9.47 Å². The van der Waals surface area contributed by atoms with Crippen molar-refractivity contribution in [1.29, 1.82) is 0 Å². The summed E-state index contributed by atoms with van der Waals surface area (Å²) in [6, 6.07) is 18.8. The number of ether oxygens (including phenoxy) is 2. The summed E-state index contributed by atoms with van der Waals surface area (Å²) in [5, 5.41) is 0. The molecule has 0 saturated heterocycles. The topological polar surface area (TPSA) is 52.6 Å². The zero-order chi connectivity index (χ0) is 16.9. The normalized spacial score (nSPS) is 20.0. The Morgan fingerprint density at radius 1 is 1.04 bits per heavy atom. The lowest BCUT2D eigenvalue weighted by Crippen LogP contribution is -2.35. The molecule has 0 aromatic heterocycles. The van der Waals surface area contributed by atoms with Gasteiger partial charge in [0.2, 0.25) is 0 Å². The van der Waals surface area contributed by atoms with Crippen molar-refractivity contribution >= 4 is 17.7 Å². The number of hydrogen-bond acceptors (Lipinski definition) is 4. The molecule has 4 heteroatoms. The Hall–Kier alpha value is -2.88. The fourth-order valence-corrected chi connectivity index (χ4v) is 2.85. The fourth-order valence-electron chi connectivity index (χ4n) is 2.85. The maximum atomic E-state index is 12.5. The monoisotopic (exact) mass is 322 g/mol. The number of carbonyl (C=O) groups excluding carboxylic acids is 2. The molecule has 1 aliphatic rings. The van der Waals surface area contributed by atoms with Crippen LogP contribution in [0.1, 0.15) is 11.1 Å². The predicted molar refractivity (Wildman–Crippen MR) is 89.7 cm³/mol. The molecule has 1 heterocycles. The summed E-state index contributed by atoms with van der Waals surface area (Å²) in [6.45, 7) is 0. The van der Waals surface area contributed by atoms with E-state index in [2.05, 4.69) is 0 Å². The van der Waals surface area contributed by atoms with E-state index in [9.17, 15) is 9.59 Å².